The monoisotopic (exact) mass is 738 g/mol. The molecule has 56 heavy (non-hydrogen) atoms. The van der Waals surface area contributed by atoms with Crippen molar-refractivity contribution >= 4 is 44.6 Å². The van der Waals surface area contributed by atoms with Crippen molar-refractivity contribution in [3.8, 4) is 17.3 Å². The molecule has 3 heterocycles. The predicted molar refractivity (Wildman–Crippen MR) is 235 cm³/mol. The molecule has 7 aromatic rings. The minimum Gasteiger partial charge on any atom is -0.457 e. The van der Waals surface area contributed by atoms with E-state index in [2.05, 4.69) is 178 Å². The van der Waals surface area contributed by atoms with E-state index < -0.39 is 0 Å². The van der Waals surface area contributed by atoms with Crippen LogP contribution in [0.5, 0.6) is 11.5 Å². The molecular formula is C51H54N4O. The van der Waals surface area contributed by atoms with Gasteiger partial charge in [0.05, 0.1) is 22.4 Å². The molecule has 284 valence electrons. The Morgan fingerprint density at radius 1 is 0.589 bits per heavy atom. The molecule has 5 heteroatoms. The van der Waals surface area contributed by atoms with E-state index in [1.807, 2.05) is 6.20 Å². The van der Waals surface area contributed by atoms with E-state index in [1.54, 1.807) is 0 Å². The summed E-state index contributed by atoms with van der Waals surface area (Å²) in [7, 11) is 0. The second kappa shape index (κ2) is 13.9. The first kappa shape index (κ1) is 36.1. The summed E-state index contributed by atoms with van der Waals surface area (Å²) in [5, 5.41) is 2.38. The quantitative estimate of drug-likeness (QED) is 0.170. The van der Waals surface area contributed by atoms with Crippen LogP contribution in [0.25, 0.3) is 27.6 Å². The molecule has 2 aliphatic rings. The van der Waals surface area contributed by atoms with Crippen LogP contribution in [0.1, 0.15) is 102 Å². The Bertz CT molecular complexity index is 2580. The van der Waals surface area contributed by atoms with Crippen LogP contribution < -0.4 is 14.5 Å². The van der Waals surface area contributed by atoms with Crippen LogP contribution in [-0.2, 0) is 10.8 Å². The highest BCUT2D eigenvalue weighted by Crippen LogP contribution is 2.47. The Labute approximate surface area is 332 Å². The second-order valence-electron chi connectivity index (χ2n) is 18.1. The maximum absolute atomic E-state index is 6.90. The van der Waals surface area contributed by atoms with Crippen LogP contribution in [0.2, 0.25) is 0 Å². The maximum Gasteiger partial charge on any atom is 0.137 e. The number of anilines is 4. The lowest BCUT2D eigenvalue weighted by atomic mass is 9.82. The van der Waals surface area contributed by atoms with Gasteiger partial charge in [-0.3, -0.25) is 4.57 Å². The zero-order valence-corrected chi connectivity index (χ0v) is 34.1. The van der Waals surface area contributed by atoms with E-state index in [-0.39, 0.29) is 10.8 Å². The van der Waals surface area contributed by atoms with Crippen molar-refractivity contribution in [3.05, 3.63) is 144 Å². The minimum absolute atomic E-state index is 0.00544. The van der Waals surface area contributed by atoms with Crippen molar-refractivity contribution < 1.29 is 4.74 Å². The van der Waals surface area contributed by atoms with E-state index in [1.165, 1.54) is 82.2 Å². The van der Waals surface area contributed by atoms with Crippen molar-refractivity contribution in [2.24, 2.45) is 0 Å². The van der Waals surface area contributed by atoms with Gasteiger partial charge in [0.15, 0.2) is 0 Å². The number of fused-ring (bicyclic) bond motifs is 4. The summed E-state index contributed by atoms with van der Waals surface area (Å²) >= 11 is 0. The van der Waals surface area contributed by atoms with Gasteiger partial charge >= 0.3 is 0 Å². The van der Waals surface area contributed by atoms with Gasteiger partial charge in [-0.2, -0.15) is 0 Å². The summed E-state index contributed by atoms with van der Waals surface area (Å²) in [5.74, 6) is 3.22. The first-order chi connectivity index (χ1) is 26.9. The van der Waals surface area contributed by atoms with Gasteiger partial charge in [0.1, 0.15) is 24.0 Å². The Balaban J connectivity index is 1.09. The molecular weight excluding hydrogens is 685 g/mol. The Morgan fingerprint density at radius 3 is 2.02 bits per heavy atom. The molecule has 1 fully saturated rings. The number of aryl methyl sites for hydroxylation is 1. The van der Waals surface area contributed by atoms with Gasteiger partial charge in [-0.05, 0) is 125 Å². The molecule has 9 rings (SSSR count). The van der Waals surface area contributed by atoms with Crippen molar-refractivity contribution in [1.29, 1.82) is 0 Å². The van der Waals surface area contributed by atoms with Gasteiger partial charge in [0.25, 0.3) is 0 Å². The number of nitrogens with zero attached hydrogens (tertiary/aromatic N) is 4. The summed E-state index contributed by atoms with van der Waals surface area (Å²) in [6.45, 7) is 16.6. The zero-order valence-electron chi connectivity index (χ0n) is 34.1. The topological polar surface area (TPSA) is 33.5 Å². The highest BCUT2D eigenvalue weighted by Gasteiger charge is 2.30. The lowest BCUT2D eigenvalue weighted by molar-refractivity contribution is 0.442. The molecule has 0 atom stereocenters. The number of pyridine rings is 1. The Hall–Kier alpha value is -5.55. The molecule has 1 saturated carbocycles. The standard InChI is InChI=1S/C51H54N4O/c1-34-27-38(21-23-42(34)35-15-9-8-10-16-35)53-33-54(47-20-14-13-19-46(47)53)39-28-37(51(5,6)7)29-41(31-39)56-40-22-24-44-43-17-11-12-18-45(43)55(48(44)32-40)49-30-36(25-26-52-49)50(2,3)4/h11-14,17-32,35H,8-10,15-16,33H2,1-7H3. The molecule has 0 bridgehead atoms. The zero-order chi connectivity index (χ0) is 38.8. The fourth-order valence-corrected chi connectivity index (χ4v) is 8.99. The molecule has 0 amide bonds. The highest BCUT2D eigenvalue weighted by atomic mass is 16.5. The largest absolute Gasteiger partial charge is 0.457 e. The highest BCUT2D eigenvalue weighted by molar-refractivity contribution is 6.09. The van der Waals surface area contributed by atoms with Crippen molar-refractivity contribution in [3.63, 3.8) is 0 Å². The fraction of sp³-hybridized carbons (Fsp3) is 0.314. The molecule has 0 saturated heterocycles. The molecule has 1 aliphatic heterocycles. The van der Waals surface area contributed by atoms with Crippen LogP contribution in [0.15, 0.2) is 121 Å². The number of ether oxygens (including phenoxy) is 1. The van der Waals surface area contributed by atoms with Crippen molar-refractivity contribution in [2.45, 2.75) is 97.3 Å². The number of hydrogen-bond acceptors (Lipinski definition) is 4. The summed E-state index contributed by atoms with van der Waals surface area (Å²) in [6.07, 6.45) is 8.64. The van der Waals surface area contributed by atoms with E-state index in [4.69, 9.17) is 9.72 Å². The van der Waals surface area contributed by atoms with E-state index in [9.17, 15) is 0 Å². The smallest absolute Gasteiger partial charge is 0.137 e. The molecule has 0 spiro atoms. The third kappa shape index (κ3) is 6.61. The third-order valence-electron chi connectivity index (χ3n) is 12.1. The molecule has 2 aromatic heterocycles. The fourth-order valence-electron chi connectivity index (χ4n) is 8.99. The summed E-state index contributed by atoms with van der Waals surface area (Å²) < 4.78 is 9.18. The first-order valence-electron chi connectivity index (χ1n) is 20.5. The second-order valence-corrected chi connectivity index (χ2v) is 18.1. The first-order valence-corrected chi connectivity index (χ1v) is 20.5. The molecule has 0 unspecified atom stereocenters. The predicted octanol–water partition coefficient (Wildman–Crippen LogP) is 14.2. The van der Waals surface area contributed by atoms with Crippen LogP contribution in [0.3, 0.4) is 0 Å². The average molecular weight is 739 g/mol. The third-order valence-corrected chi connectivity index (χ3v) is 12.1. The normalized spacial score (nSPS) is 15.2. The van der Waals surface area contributed by atoms with Gasteiger partial charge < -0.3 is 14.5 Å². The van der Waals surface area contributed by atoms with Crippen LogP contribution >= 0.6 is 0 Å². The number of hydrogen-bond donors (Lipinski definition) is 0. The minimum atomic E-state index is -0.0841. The average Bonchev–Trinajstić information content (AvgIpc) is 3.74. The Kier molecular flexibility index (Phi) is 8.95. The number of rotatable bonds is 6. The Morgan fingerprint density at radius 2 is 1.29 bits per heavy atom. The SMILES string of the molecule is Cc1cc(N2CN(c3cc(Oc4ccc5c6ccccc6n(-c6cc(C(C)(C)C)ccn6)c5c4)cc(C(C)(C)C)c3)c3ccccc32)ccc1C1CCCCC1. The van der Waals surface area contributed by atoms with Gasteiger partial charge in [-0.25, -0.2) is 4.98 Å². The number of aromatic nitrogens is 2. The summed E-state index contributed by atoms with van der Waals surface area (Å²) in [4.78, 5) is 9.80. The van der Waals surface area contributed by atoms with Gasteiger partial charge in [0.2, 0.25) is 0 Å². The molecule has 0 radical (unpaired) electrons. The summed E-state index contributed by atoms with van der Waals surface area (Å²) in [6, 6.07) is 42.2. The lowest BCUT2D eigenvalue weighted by Crippen LogP contribution is -2.24. The summed E-state index contributed by atoms with van der Waals surface area (Å²) in [5.41, 5.74) is 12.3. The molecule has 5 aromatic carbocycles. The van der Waals surface area contributed by atoms with Crippen LogP contribution in [0.4, 0.5) is 22.7 Å². The molecule has 5 nitrogen and oxygen atoms in total. The van der Waals surface area contributed by atoms with E-state index in [0.717, 1.165) is 40.7 Å². The number of benzene rings is 5. The van der Waals surface area contributed by atoms with E-state index >= 15 is 0 Å². The van der Waals surface area contributed by atoms with Gasteiger partial charge in [-0.1, -0.05) is 97.2 Å². The van der Waals surface area contributed by atoms with Crippen LogP contribution in [-0.4, -0.2) is 16.2 Å². The van der Waals surface area contributed by atoms with Crippen molar-refractivity contribution in [2.75, 3.05) is 16.5 Å². The lowest BCUT2D eigenvalue weighted by Gasteiger charge is -2.27. The van der Waals surface area contributed by atoms with Crippen molar-refractivity contribution in [1.82, 2.24) is 9.55 Å². The van der Waals surface area contributed by atoms with Crippen LogP contribution in [0, 0.1) is 6.92 Å². The van der Waals surface area contributed by atoms with Gasteiger partial charge in [-0.15, -0.1) is 0 Å². The van der Waals surface area contributed by atoms with Gasteiger partial charge in [0, 0.05) is 40.5 Å². The number of para-hydroxylation sites is 3. The maximum atomic E-state index is 6.90. The van der Waals surface area contributed by atoms with E-state index in [0.29, 0.717) is 5.92 Å². The molecule has 0 N–H and O–H groups in total. The molecule has 1 aliphatic carbocycles.